The molecule has 0 spiro atoms. The average Bonchev–Trinajstić information content (AvgIpc) is 2.28. The highest BCUT2D eigenvalue weighted by Gasteiger charge is 2.09. The van der Waals surface area contributed by atoms with Crippen molar-refractivity contribution >= 4 is 11.3 Å². The van der Waals surface area contributed by atoms with Crippen LogP contribution in [0.5, 0.6) is 0 Å². The molecule has 14 heavy (non-hydrogen) atoms. The van der Waals surface area contributed by atoms with Crippen LogP contribution in [-0.4, -0.2) is 17.1 Å². The van der Waals surface area contributed by atoms with Crippen LogP contribution in [0.1, 0.15) is 36.3 Å². The Bertz CT molecular complexity index is 277. The molecule has 0 bridgehead atoms. The maximum Gasteiger partial charge on any atom is 0.0943 e. The first-order valence-electron chi connectivity index (χ1n) is 5.06. The molecular formula is C11H20N2S. The van der Waals surface area contributed by atoms with E-state index in [1.807, 2.05) is 11.3 Å². The predicted molar refractivity (Wildman–Crippen MR) is 63.0 cm³/mol. The Morgan fingerprint density at radius 3 is 2.36 bits per heavy atom. The van der Waals surface area contributed by atoms with E-state index >= 15 is 0 Å². The fourth-order valence-electron chi connectivity index (χ4n) is 1.19. The quantitative estimate of drug-likeness (QED) is 0.833. The van der Waals surface area contributed by atoms with Crippen molar-refractivity contribution in [2.45, 2.75) is 46.6 Å². The van der Waals surface area contributed by atoms with Crippen molar-refractivity contribution in [3.8, 4) is 0 Å². The molecule has 0 radical (unpaired) electrons. The van der Waals surface area contributed by atoms with E-state index in [-0.39, 0.29) is 5.54 Å². The minimum Gasteiger partial charge on any atom is -0.312 e. The number of thiazole rings is 1. The smallest absolute Gasteiger partial charge is 0.0943 e. The predicted octanol–water partition coefficient (Wildman–Crippen LogP) is 2.69. The summed E-state index contributed by atoms with van der Waals surface area (Å²) in [6, 6.07) is 0. The van der Waals surface area contributed by atoms with E-state index in [1.165, 1.54) is 15.6 Å². The zero-order valence-corrected chi connectivity index (χ0v) is 10.6. The minimum atomic E-state index is 0.210. The molecular weight excluding hydrogens is 192 g/mol. The SMILES string of the molecule is Cc1nc(CCNC(C)(C)C)sc1C. The zero-order valence-electron chi connectivity index (χ0n) is 9.77. The lowest BCUT2D eigenvalue weighted by Crippen LogP contribution is -2.37. The van der Waals surface area contributed by atoms with Gasteiger partial charge >= 0.3 is 0 Å². The van der Waals surface area contributed by atoms with Gasteiger partial charge in [-0.3, -0.25) is 0 Å². The van der Waals surface area contributed by atoms with Crippen LogP contribution < -0.4 is 5.32 Å². The van der Waals surface area contributed by atoms with Crippen molar-refractivity contribution in [3.63, 3.8) is 0 Å². The van der Waals surface area contributed by atoms with Crippen LogP contribution in [0.25, 0.3) is 0 Å². The number of aromatic nitrogens is 1. The number of hydrogen-bond donors (Lipinski definition) is 1. The number of nitrogens with one attached hydrogen (secondary N) is 1. The summed E-state index contributed by atoms with van der Waals surface area (Å²) in [6.07, 6.45) is 1.04. The fraction of sp³-hybridized carbons (Fsp3) is 0.727. The molecule has 0 aromatic carbocycles. The molecule has 0 aliphatic heterocycles. The Labute approximate surface area is 90.8 Å². The lowest BCUT2D eigenvalue weighted by molar-refractivity contribution is 0.429. The molecule has 2 nitrogen and oxygen atoms in total. The average molecular weight is 212 g/mol. The third-order valence-electron chi connectivity index (χ3n) is 2.07. The first kappa shape index (κ1) is 11.7. The topological polar surface area (TPSA) is 24.9 Å². The summed E-state index contributed by atoms with van der Waals surface area (Å²) >= 11 is 1.81. The highest BCUT2D eigenvalue weighted by Crippen LogP contribution is 2.16. The molecule has 1 N–H and O–H groups in total. The number of aryl methyl sites for hydroxylation is 2. The van der Waals surface area contributed by atoms with Crippen LogP contribution >= 0.6 is 11.3 Å². The van der Waals surface area contributed by atoms with Crippen molar-refractivity contribution in [1.82, 2.24) is 10.3 Å². The van der Waals surface area contributed by atoms with Gasteiger partial charge in [-0.2, -0.15) is 0 Å². The summed E-state index contributed by atoms with van der Waals surface area (Å²) in [5.74, 6) is 0. The standard InChI is InChI=1S/C11H20N2S/c1-8-9(2)14-10(13-8)6-7-12-11(3,4)5/h12H,6-7H2,1-5H3. The van der Waals surface area contributed by atoms with Gasteiger partial charge in [0.2, 0.25) is 0 Å². The van der Waals surface area contributed by atoms with Crippen molar-refractivity contribution in [2.75, 3.05) is 6.54 Å². The lowest BCUT2D eigenvalue weighted by atomic mass is 10.1. The number of hydrogen-bond acceptors (Lipinski definition) is 3. The summed E-state index contributed by atoms with van der Waals surface area (Å²) in [5.41, 5.74) is 1.39. The van der Waals surface area contributed by atoms with Crippen LogP contribution in [0.3, 0.4) is 0 Å². The highest BCUT2D eigenvalue weighted by atomic mass is 32.1. The summed E-state index contributed by atoms with van der Waals surface area (Å²) < 4.78 is 0. The lowest BCUT2D eigenvalue weighted by Gasteiger charge is -2.19. The molecule has 3 heteroatoms. The van der Waals surface area contributed by atoms with Crippen LogP contribution in [0.4, 0.5) is 0 Å². The summed E-state index contributed by atoms with van der Waals surface area (Å²) in [5, 5.41) is 4.71. The van der Waals surface area contributed by atoms with Crippen LogP contribution in [-0.2, 0) is 6.42 Å². The Morgan fingerprint density at radius 2 is 1.93 bits per heavy atom. The molecule has 80 valence electrons. The Kier molecular flexibility index (Phi) is 3.67. The maximum atomic E-state index is 4.51. The molecule has 0 atom stereocenters. The third-order valence-corrected chi connectivity index (χ3v) is 3.20. The Hall–Kier alpha value is -0.410. The summed E-state index contributed by atoms with van der Waals surface area (Å²) in [4.78, 5) is 5.85. The van der Waals surface area contributed by atoms with Crippen LogP contribution in [0.2, 0.25) is 0 Å². The molecule has 0 saturated carbocycles. The molecule has 0 fully saturated rings. The molecule has 0 amide bonds. The second-order valence-corrected chi connectivity index (χ2v) is 5.96. The molecule has 1 aromatic rings. The fourth-order valence-corrected chi connectivity index (χ4v) is 2.12. The van der Waals surface area contributed by atoms with E-state index in [2.05, 4.69) is 44.9 Å². The van der Waals surface area contributed by atoms with Gasteiger partial charge in [0.15, 0.2) is 0 Å². The first-order valence-corrected chi connectivity index (χ1v) is 5.88. The summed E-state index contributed by atoms with van der Waals surface area (Å²) in [6.45, 7) is 11.8. The Balaban J connectivity index is 2.39. The van der Waals surface area contributed by atoms with Gasteiger partial charge in [-0.15, -0.1) is 11.3 Å². The van der Waals surface area contributed by atoms with Crippen molar-refractivity contribution in [3.05, 3.63) is 15.6 Å². The number of rotatable bonds is 3. The minimum absolute atomic E-state index is 0.210. The monoisotopic (exact) mass is 212 g/mol. The van der Waals surface area contributed by atoms with Crippen LogP contribution in [0.15, 0.2) is 0 Å². The molecule has 0 saturated heterocycles. The van der Waals surface area contributed by atoms with Gasteiger partial charge in [0, 0.05) is 23.4 Å². The normalized spacial score (nSPS) is 12.1. The van der Waals surface area contributed by atoms with E-state index in [1.54, 1.807) is 0 Å². The van der Waals surface area contributed by atoms with E-state index < -0.39 is 0 Å². The van der Waals surface area contributed by atoms with E-state index in [0.717, 1.165) is 13.0 Å². The van der Waals surface area contributed by atoms with Gasteiger partial charge in [-0.1, -0.05) is 0 Å². The second-order valence-electron chi connectivity index (χ2n) is 4.68. The largest absolute Gasteiger partial charge is 0.312 e. The van der Waals surface area contributed by atoms with Gasteiger partial charge in [-0.05, 0) is 34.6 Å². The van der Waals surface area contributed by atoms with E-state index in [4.69, 9.17) is 0 Å². The van der Waals surface area contributed by atoms with Gasteiger partial charge < -0.3 is 5.32 Å². The van der Waals surface area contributed by atoms with Gasteiger partial charge in [0.1, 0.15) is 0 Å². The number of nitrogens with zero attached hydrogens (tertiary/aromatic N) is 1. The maximum absolute atomic E-state index is 4.51. The molecule has 1 heterocycles. The molecule has 0 unspecified atom stereocenters. The van der Waals surface area contributed by atoms with E-state index in [0.29, 0.717) is 0 Å². The molecule has 0 aliphatic rings. The molecule has 1 rings (SSSR count). The first-order chi connectivity index (χ1) is 6.38. The van der Waals surface area contributed by atoms with Crippen LogP contribution in [0, 0.1) is 13.8 Å². The third kappa shape index (κ3) is 3.76. The second kappa shape index (κ2) is 4.41. The Morgan fingerprint density at radius 1 is 1.29 bits per heavy atom. The van der Waals surface area contributed by atoms with Gasteiger partial charge in [0.25, 0.3) is 0 Å². The molecule has 1 aromatic heterocycles. The van der Waals surface area contributed by atoms with E-state index in [9.17, 15) is 0 Å². The van der Waals surface area contributed by atoms with Crippen molar-refractivity contribution in [2.24, 2.45) is 0 Å². The van der Waals surface area contributed by atoms with Crippen molar-refractivity contribution < 1.29 is 0 Å². The zero-order chi connectivity index (χ0) is 10.8. The highest BCUT2D eigenvalue weighted by molar-refractivity contribution is 7.11. The summed E-state index contributed by atoms with van der Waals surface area (Å²) in [7, 11) is 0. The van der Waals surface area contributed by atoms with Crippen molar-refractivity contribution in [1.29, 1.82) is 0 Å². The van der Waals surface area contributed by atoms with Gasteiger partial charge in [0.05, 0.1) is 10.7 Å². The van der Waals surface area contributed by atoms with Gasteiger partial charge in [-0.25, -0.2) is 4.98 Å². The molecule has 0 aliphatic carbocycles.